The number of anilines is 3. The molecule has 36 heavy (non-hydrogen) atoms. The molecular weight excluding hydrogens is 442 g/mol. The summed E-state index contributed by atoms with van der Waals surface area (Å²) in [4.78, 5) is 11.5. The number of hydrogen-bond acceptors (Lipinski definition) is 4. The van der Waals surface area contributed by atoms with Gasteiger partial charge in [0.15, 0.2) is 11.5 Å². The predicted molar refractivity (Wildman–Crippen MR) is 145 cm³/mol. The normalized spacial score (nSPS) is 12.1. The van der Waals surface area contributed by atoms with Crippen molar-refractivity contribution in [3.05, 3.63) is 128 Å². The number of rotatable bonds is 3. The molecule has 6 aromatic rings. The van der Waals surface area contributed by atoms with Crippen molar-refractivity contribution < 1.29 is 4.74 Å². The zero-order valence-electron chi connectivity index (χ0n) is 19.4. The predicted octanol–water partition coefficient (Wildman–Crippen LogP) is 8.54. The molecule has 2 aromatic heterocycles. The molecular formula is C32H21N3O. The second-order valence-electron chi connectivity index (χ2n) is 8.73. The third-order valence-corrected chi connectivity index (χ3v) is 6.53. The average Bonchev–Trinajstić information content (AvgIpc) is 2.95. The Kier molecular flexibility index (Phi) is 4.74. The van der Waals surface area contributed by atoms with Crippen LogP contribution in [0, 0.1) is 0 Å². The summed E-state index contributed by atoms with van der Waals surface area (Å²) in [5, 5.41) is 2.24. The molecule has 0 aliphatic carbocycles. The highest BCUT2D eigenvalue weighted by atomic mass is 16.5. The Morgan fingerprint density at radius 3 is 2.17 bits per heavy atom. The molecule has 0 amide bonds. The molecule has 0 saturated heterocycles. The quantitative estimate of drug-likeness (QED) is 0.263. The summed E-state index contributed by atoms with van der Waals surface area (Å²) >= 11 is 0. The Bertz CT molecular complexity index is 1720. The summed E-state index contributed by atoms with van der Waals surface area (Å²) in [7, 11) is 0. The number of hydrogen-bond donors (Lipinski definition) is 0. The number of para-hydroxylation sites is 2. The third-order valence-electron chi connectivity index (χ3n) is 6.53. The Morgan fingerprint density at radius 1 is 0.556 bits per heavy atom. The van der Waals surface area contributed by atoms with Crippen molar-refractivity contribution in [2.24, 2.45) is 0 Å². The van der Waals surface area contributed by atoms with Gasteiger partial charge in [-0.25, -0.2) is 0 Å². The van der Waals surface area contributed by atoms with Crippen molar-refractivity contribution >= 4 is 27.8 Å². The standard InChI is InChI=1S/C32H21N3O/c1-2-16-31-29(15-1)35(24-11-7-10-23(19-24)27-13-3-5-17-33-27)30-21-26-22(20-32(30)36-31)9-8-12-25(26)28-14-4-6-18-34-28/h1-21H. The van der Waals surface area contributed by atoms with Gasteiger partial charge in [0.1, 0.15) is 0 Å². The van der Waals surface area contributed by atoms with Crippen LogP contribution in [-0.4, -0.2) is 9.97 Å². The molecule has 0 unspecified atom stereocenters. The van der Waals surface area contributed by atoms with Crippen molar-refractivity contribution in [2.75, 3.05) is 4.90 Å². The summed E-state index contributed by atoms with van der Waals surface area (Å²) in [6, 6.07) is 39.3. The fraction of sp³-hybridized carbons (Fsp3) is 0. The van der Waals surface area contributed by atoms with Crippen LogP contribution in [0.3, 0.4) is 0 Å². The lowest BCUT2D eigenvalue weighted by Gasteiger charge is -2.33. The summed E-state index contributed by atoms with van der Waals surface area (Å²) in [5.41, 5.74) is 7.08. The van der Waals surface area contributed by atoms with Crippen LogP contribution in [0.5, 0.6) is 11.5 Å². The largest absolute Gasteiger partial charge is 0.453 e. The molecule has 4 aromatic carbocycles. The maximum Gasteiger partial charge on any atom is 0.152 e. The van der Waals surface area contributed by atoms with Crippen LogP contribution in [0.4, 0.5) is 17.1 Å². The molecule has 1 aliphatic rings. The van der Waals surface area contributed by atoms with Crippen LogP contribution in [0.2, 0.25) is 0 Å². The Labute approximate surface area is 209 Å². The zero-order chi connectivity index (χ0) is 23.9. The van der Waals surface area contributed by atoms with E-state index in [2.05, 4.69) is 75.5 Å². The van der Waals surface area contributed by atoms with Crippen molar-refractivity contribution in [2.45, 2.75) is 0 Å². The van der Waals surface area contributed by atoms with Crippen LogP contribution < -0.4 is 9.64 Å². The van der Waals surface area contributed by atoms with Crippen molar-refractivity contribution in [1.29, 1.82) is 0 Å². The first-order chi connectivity index (χ1) is 17.8. The van der Waals surface area contributed by atoms with E-state index in [0.29, 0.717) is 0 Å². The molecule has 170 valence electrons. The lowest BCUT2D eigenvalue weighted by Crippen LogP contribution is -2.16. The van der Waals surface area contributed by atoms with Crippen molar-refractivity contribution in [3.8, 4) is 34.0 Å². The van der Waals surface area contributed by atoms with E-state index in [1.54, 1.807) is 0 Å². The highest BCUT2D eigenvalue weighted by molar-refractivity contribution is 6.02. The maximum absolute atomic E-state index is 6.43. The molecule has 0 atom stereocenters. The summed E-state index contributed by atoms with van der Waals surface area (Å²) in [6.07, 6.45) is 3.66. The SMILES string of the molecule is c1ccc(-c2cccc(N3c4ccccc4Oc4cc5cccc(-c6ccccn6)c5cc43)c2)nc1. The summed E-state index contributed by atoms with van der Waals surface area (Å²) in [6.45, 7) is 0. The molecule has 0 bridgehead atoms. The van der Waals surface area contributed by atoms with Gasteiger partial charge in [-0.15, -0.1) is 0 Å². The minimum Gasteiger partial charge on any atom is -0.453 e. The van der Waals surface area contributed by atoms with Crippen LogP contribution in [0.25, 0.3) is 33.3 Å². The lowest BCUT2D eigenvalue weighted by atomic mass is 9.99. The number of aromatic nitrogens is 2. The minimum atomic E-state index is 0.822. The van der Waals surface area contributed by atoms with Gasteiger partial charge in [0.25, 0.3) is 0 Å². The van der Waals surface area contributed by atoms with Crippen molar-refractivity contribution in [3.63, 3.8) is 0 Å². The molecule has 0 N–H and O–H groups in total. The van der Waals surface area contributed by atoms with E-state index >= 15 is 0 Å². The van der Waals surface area contributed by atoms with Crippen LogP contribution in [0.1, 0.15) is 0 Å². The Balaban J connectivity index is 1.46. The molecule has 0 fully saturated rings. The van der Waals surface area contributed by atoms with Crippen LogP contribution in [-0.2, 0) is 0 Å². The molecule has 1 aliphatic heterocycles. The Hall–Kier alpha value is -4.96. The van der Waals surface area contributed by atoms with Gasteiger partial charge in [-0.2, -0.15) is 0 Å². The van der Waals surface area contributed by atoms with E-state index in [9.17, 15) is 0 Å². The average molecular weight is 464 g/mol. The molecule has 4 nitrogen and oxygen atoms in total. The third kappa shape index (κ3) is 3.39. The van der Waals surface area contributed by atoms with E-state index in [1.807, 2.05) is 67.0 Å². The summed E-state index contributed by atoms with van der Waals surface area (Å²) in [5.74, 6) is 1.65. The van der Waals surface area contributed by atoms with Gasteiger partial charge in [0.2, 0.25) is 0 Å². The number of pyridine rings is 2. The van der Waals surface area contributed by atoms with Gasteiger partial charge in [-0.3, -0.25) is 9.97 Å². The second kappa shape index (κ2) is 8.36. The van der Waals surface area contributed by atoms with E-state index in [-0.39, 0.29) is 0 Å². The first-order valence-electron chi connectivity index (χ1n) is 11.9. The smallest absolute Gasteiger partial charge is 0.152 e. The number of fused-ring (bicyclic) bond motifs is 3. The van der Waals surface area contributed by atoms with Gasteiger partial charge in [-0.05, 0) is 71.4 Å². The molecule has 7 rings (SSSR count). The highest BCUT2D eigenvalue weighted by Crippen LogP contribution is 2.52. The zero-order valence-corrected chi connectivity index (χ0v) is 19.4. The van der Waals surface area contributed by atoms with Crippen LogP contribution >= 0.6 is 0 Å². The molecule has 0 saturated carbocycles. The highest BCUT2D eigenvalue weighted by Gasteiger charge is 2.27. The first kappa shape index (κ1) is 20.4. The monoisotopic (exact) mass is 463 g/mol. The minimum absolute atomic E-state index is 0.822. The molecule has 4 heteroatoms. The first-order valence-corrected chi connectivity index (χ1v) is 11.9. The maximum atomic E-state index is 6.43. The van der Waals surface area contributed by atoms with E-state index in [1.165, 1.54) is 0 Å². The molecule has 0 radical (unpaired) electrons. The van der Waals surface area contributed by atoms with E-state index < -0.39 is 0 Å². The number of ether oxygens (including phenoxy) is 1. The second-order valence-corrected chi connectivity index (χ2v) is 8.73. The fourth-order valence-electron chi connectivity index (χ4n) is 4.89. The fourth-order valence-corrected chi connectivity index (χ4v) is 4.89. The Morgan fingerprint density at radius 2 is 1.33 bits per heavy atom. The van der Waals surface area contributed by atoms with Crippen LogP contribution in [0.15, 0.2) is 128 Å². The van der Waals surface area contributed by atoms with E-state index in [4.69, 9.17) is 4.74 Å². The van der Waals surface area contributed by atoms with E-state index in [0.717, 1.165) is 61.8 Å². The van der Waals surface area contributed by atoms with Gasteiger partial charge >= 0.3 is 0 Å². The van der Waals surface area contributed by atoms with Gasteiger partial charge in [0, 0.05) is 29.2 Å². The van der Waals surface area contributed by atoms with Gasteiger partial charge in [0.05, 0.1) is 22.8 Å². The van der Waals surface area contributed by atoms with Gasteiger partial charge in [-0.1, -0.05) is 54.6 Å². The summed E-state index contributed by atoms with van der Waals surface area (Å²) < 4.78 is 6.43. The lowest BCUT2D eigenvalue weighted by molar-refractivity contribution is 0.478. The van der Waals surface area contributed by atoms with Gasteiger partial charge < -0.3 is 9.64 Å². The van der Waals surface area contributed by atoms with Crippen molar-refractivity contribution in [1.82, 2.24) is 9.97 Å². The molecule has 0 spiro atoms. The number of nitrogens with zero attached hydrogens (tertiary/aromatic N) is 3. The number of benzene rings is 4. The molecule has 3 heterocycles. The topological polar surface area (TPSA) is 38.2 Å².